The van der Waals surface area contributed by atoms with Gasteiger partial charge in [0.2, 0.25) is 0 Å². The Hall–Kier alpha value is -1.53. The van der Waals surface area contributed by atoms with E-state index < -0.39 is 0 Å². The molecule has 0 heterocycles. The summed E-state index contributed by atoms with van der Waals surface area (Å²) in [6.07, 6.45) is 7.64. The minimum absolute atomic E-state index is 0.593. The molecule has 0 aromatic heterocycles. The Balaban J connectivity index is 1.56. The van der Waals surface area contributed by atoms with Gasteiger partial charge >= 0.3 is 0 Å². The Labute approximate surface area is 121 Å². The fourth-order valence-electron chi connectivity index (χ4n) is 2.63. The van der Waals surface area contributed by atoms with E-state index in [4.69, 9.17) is 14.7 Å². The van der Waals surface area contributed by atoms with Crippen molar-refractivity contribution in [3.05, 3.63) is 29.8 Å². The van der Waals surface area contributed by atoms with Crippen molar-refractivity contribution in [3.8, 4) is 11.8 Å². The Bertz CT molecular complexity index is 433. The molecule has 1 aliphatic rings. The molecule has 108 valence electrons. The predicted molar refractivity (Wildman–Crippen MR) is 78.7 cm³/mol. The normalized spacial score (nSPS) is 15.8. The van der Waals surface area contributed by atoms with Gasteiger partial charge in [-0.25, -0.2) is 0 Å². The quantitative estimate of drug-likeness (QED) is 0.707. The molecular weight excluding hydrogens is 250 g/mol. The summed E-state index contributed by atoms with van der Waals surface area (Å²) in [5, 5.41) is 8.95. The second-order valence-electron chi connectivity index (χ2n) is 5.39. The molecule has 0 bridgehead atoms. The molecule has 0 radical (unpaired) electrons. The fourth-order valence-corrected chi connectivity index (χ4v) is 2.63. The summed E-state index contributed by atoms with van der Waals surface area (Å²) in [7, 11) is 0. The standard InChI is InChI=1S/C17H23NO2/c18-13-16-9-4-5-10-17(16)20-12-6-11-19-14-15-7-2-1-3-8-15/h4-5,9-10,15H,1-3,6-8,11-12,14H2. The van der Waals surface area contributed by atoms with Gasteiger partial charge < -0.3 is 9.47 Å². The summed E-state index contributed by atoms with van der Waals surface area (Å²) < 4.78 is 11.3. The number of benzene rings is 1. The van der Waals surface area contributed by atoms with E-state index in [1.54, 1.807) is 6.07 Å². The first kappa shape index (κ1) is 14.9. The van der Waals surface area contributed by atoms with Crippen LogP contribution in [-0.4, -0.2) is 19.8 Å². The van der Waals surface area contributed by atoms with E-state index in [1.165, 1.54) is 32.1 Å². The van der Waals surface area contributed by atoms with E-state index in [9.17, 15) is 0 Å². The van der Waals surface area contributed by atoms with Gasteiger partial charge in [-0.3, -0.25) is 0 Å². The van der Waals surface area contributed by atoms with E-state index in [0.29, 0.717) is 17.9 Å². The van der Waals surface area contributed by atoms with Crippen molar-refractivity contribution in [2.24, 2.45) is 5.92 Å². The summed E-state index contributed by atoms with van der Waals surface area (Å²) in [6.45, 7) is 2.24. The van der Waals surface area contributed by atoms with Gasteiger partial charge in [-0.2, -0.15) is 5.26 Å². The zero-order valence-corrected chi connectivity index (χ0v) is 12.0. The molecule has 3 nitrogen and oxygen atoms in total. The van der Waals surface area contributed by atoms with E-state index in [-0.39, 0.29) is 0 Å². The van der Waals surface area contributed by atoms with E-state index in [0.717, 1.165) is 25.6 Å². The molecule has 1 aromatic rings. The molecule has 3 heteroatoms. The first-order valence-electron chi connectivity index (χ1n) is 7.60. The zero-order valence-electron chi connectivity index (χ0n) is 12.0. The van der Waals surface area contributed by atoms with Crippen LogP contribution in [0.25, 0.3) is 0 Å². The minimum Gasteiger partial charge on any atom is -0.492 e. The summed E-state index contributed by atoms with van der Waals surface area (Å²) >= 11 is 0. The van der Waals surface area contributed by atoms with Crippen LogP contribution in [0.5, 0.6) is 5.75 Å². The van der Waals surface area contributed by atoms with Gasteiger partial charge in [-0.05, 0) is 30.9 Å². The maximum Gasteiger partial charge on any atom is 0.137 e. The van der Waals surface area contributed by atoms with E-state index in [1.807, 2.05) is 18.2 Å². The molecule has 1 saturated carbocycles. The van der Waals surface area contributed by atoms with Crippen LogP contribution in [0.15, 0.2) is 24.3 Å². The molecule has 1 aliphatic carbocycles. The van der Waals surface area contributed by atoms with Crippen molar-refractivity contribution >= 4 is 0 Å². The van der Waals surface area contributed by atoms with E-state index in [2.05, 4.69) is 6.07 Å². The molecular formula is C17H23NO2. The second-order valence-corrected chi connectivity index (χ2v) is 5.39. The van der Waals surface area contributed by atoms with Crippen molar-refractivity contribution in [2.75, 3.05) is 19.8 Å². The van der Waals surface area contributed by atoms with Crippen LogP contribution in [0.1, 0.15) is 44.1 Å². The van der Waals surface area contributed by atoms with Crippen LogP contribution in [0.2, 0.25) is 0 Å². The maximum atomic E-state index is 8.95. The third-order valence-electron chi connectivity index (χ3n) is 3.78. The highest BCUT2D eigenvalue weighted by atomic mass is 16.5. The Morgan fingerprint density at radius 2 is 1.90 bits per heavy atom. The third kappa shape index (κ3) is 4.86. The number of nitrogens with zero attached hydrogens (tertiary/aromatic N) is 1. The highest BCUT2D eigenvalue weighted by Crippen LogP contribution is 2.23. The molecule has 0 unspecified atom stereocenters. The lowest BCUT2D eigenvalue weighted by Crippen LogP contribution is -2.14. The molecule has 2 rings (SSSR count). The summed E-state index contributed by atoms with van der Waals surface area (Å²) in [6, 6.07) is 9.47. The smallest absolute Gasteiger partial charge is 0.137 e. The average molecular weight is 273 g/mol. The molecule has 0 N–H and O–H groups in total. The molecule has 1 aromatic carbocycles. The van der Waals surface area contributed by atoms with Crippen LogP contribution in [0.4, 0.5) is 0 Å². The summed E-state index contributed by atoms with van der Waals surface area (Å²) in [5.74, 6) is 1.44. The third-order valence-corrected chi connectivity index (χ3v) is 3.78. The van der Waals surface area contributed by atoms with Crippen molar-refractivity contribution in [1.29, 1.82) is 5.26 Å². The maximum absolute atomic E-state index is 8.95. The lowest BCUT2D eigenvalue weighted by Gasteiger charge is -2.21. The SMILES string of the molecule is N#Cc1ccccc1OCCCOCC1CCCCC1. The Morgan fingerprint density at radius 1 is 1.10 bits per heavy atom. The molecule has 0 spiro atoms. The van der Waals surface area contributed by atoms with Crippen molar-refractivity contribution in [2.45, 2.75) is 38.5 Å². The molecule has 20 heavy (non-hydrogen) atoms. The van der Waals surface area contributed by atoms with Crippen molar-refractivity contribution in [1.82, 2.24) is 0 Å². The highest BCUT2D eigenvalue weighted by molar-refractivity contribution is 5.42. The van der Waals surface area contributed by atoms with Gasteiger partial charge in [0.05, 0.1) is 12.2 Å². The predicted octanol–water partition coefficient (Wildman–Crippen LogP) is 3.92. The molecule has 0 amide bonds. The van der Waals surface area contributed by atoms with E-state index >= 15 is 0 Å². The summed E-state index contributed by atoms with van der Waals surface area (Å²) in [4.78, 5) is 0. The van der Waals surface area contributed by atoms with Crippen LogP contribution in [-0.2, 0) is 4.74 Å². The number of hydrogen-bond acceptors (Lipinski definition) is 3. The first-order valence-corrected chi connectivity index (χ1v) is 7.60. The van der Waals surface area contributed by atoms with Crippen molar-refractivity contribution in [3.63, 3.8) is 0 Å². The average Bonchev–Trinajstić information content (AvgIpc) is 2.52. The van der Waals surface area contributed by atoms with Gasteiger partial charge in [0.25, 0.3) is 0 Å². The van der Waals surface area contributed by atoms with Crippen LogP contribution >= 0.6 is 0 Å². The zero-order chi connectivity index (χ0) is 14.0. The topological polar surface area (TPSA) is 42.2 Å². The number of hydrogen-bond donors (Lipinski definition) is 0. The minimum atomic E-state index is 0.593. The molecule has 0 aliphatic heterocycles. The van der Waals surface area contributed by atoms with Crippen LogP contribution < -0.4 is 4.74 Å². The number of nitriles is 1. The second kappa shape index (κ2) is 8.60. The van der Waals surface area contributed by atoms with Gasteiger partial charge in [-0.15, -0.1) is 0 Å². The molecule has 1 fully saturated rings. The monoisotopic (exact) mass is 273 g/mol. The Morgan fingerprint density at radius 3 is 2.70 bits per heavy atom. The van der Waals surface area contributed by atoms with Crippen molar-refractivity contribution < 1.29 is 9.47 Å². The van der Waals surface area contributed by atoms with Crippen LogP contribution in [0.3, 0.4) is 0 Å². The number of ether oxygens (including phenoxy) is 2. The van der Waals surface area contributed by atoms with Gasteiger partial charge in [0, 0.05) is 19.6 Å². The van der Waals surface area contributed by atoms with Gasteiger partial charge in [-0.1, -0.05) is 31.4 Å². The fraction of sp³-hybridized carbons (Fsp3) is 0.588. The first-order chi connectivity index (χ1) is 9.90. The van der Waals surface area contributed by atoms with Crippen LogP contribution in [0, 0.1) is 17.2 Å². The molecule has 0 atom stereocenters. The number of rotatable bonds is 7. The lowest BCUT2D eigenvalue weighted by atomic mass is 9.90. The Kier molecular flexibility index (Phi) is 6.40. The molecule has 0 saturated heterocycles. The highest BCUT2D eigenvalue weighted by Gasteiger charge is 2.12. The van der Waals surface area contributed by atoms with Gasteiger partial charge in [0.1, 0.15) is 11.8 Å². The lowest BCUT2D eigenvalue weighted by molar-refractivity contribution is 0.0766. The summed E-state index contributed by atoms with van der Waals surface area (Å²) in [5.41, 5.74) is 0.593. The number of para-hydroxylation sites is 1. The van der Waals surface area contributed by atoms with Gasteiger partial charge in [0.15, 0.2) is 0 Å². The largest absolute Gasteiger partial charge is 0.492 e.